The summed E-state index contributed by atoms with van der Waals surface area (Å²) in [6.45, 7) is 10.4. The van der Waals surface area contributed by atoms with Gasteiger partial charge in [-0.2, -0.15) is 0 Å². The third-order valence-electron chi connectivity index (χ3n) is 3.46. The number of carboxylic acids is 1. The van der Waals surface area contributed by atoms with Gasteiger partial charge in [-0.05, 0) is 24.7 Å². The molecule has 0 aliphatic heterocycles. The molecule has 0 fully saturated rings. The molecule has 0 radical (unpaired) electrons. The molecule has 0 saturated carbocycles. The van der Waals surface area contributed by atoms with Crippen LogP contribution in [0.15, 0.2) is 0 Å². The highest BCUT2D eigenvalue weighted by molar-refractivity contribution is 5.90. The van der Waals surface area contributed by atoms with Gasteiger partial charge in [0.25, 0.3) is 5.91 Å². The molecule has 0 aliphatic rings. The summed E-state index contributed by atoms with van der Waals surface area (Å²) in [5.41, 5.74) is 0.724. The summed E-state index contributed by atoms with van der Waals surface area (Å²) in [4.78, 5) is 36.9. The lowest BCUT2D eigenvalue weighted by Crippen LogP contribution is -2.59. The van der Waals surface area contributed by atoms with E-state index in [0.717, 1.165) is 4.90 Å². The summed E-state index contributed by atoms with van der Waals surface area (Å²) < 4.78 is 0. The smallest absolute Gasteiger partial charge is 0.326 e. The van der Waals surface area contributed by atoms with Crippen molar-refractivity contribution in [1.82, 2.24) is 10.4 Å². The number of amides is 2. The fourth-order valence-corrected chi connectivity index (χ4v) is 2.25. The SMILES string of the molecule is CC(C)CCC(=O)N([C@@H](C)C(=O)NO)[C@H](C(=O)O)C(C)(C)C. The van der Waals surface area contributed by atoms with E-state index in [4.69, 9.17) is 5.21 Å². The molecule has 7 nitrogen and oxygen atoms in total. The summed E-state index contributed by atoms with van der Waals surface area (Å²) in [6, 6.07) is -2.25. The Balaban J connectivity index is 5.61. The Labute approximate surface area is 131 Å². The lowest BCUT2D eigenvalue weighted by atomic mass is 9.84. The standard InChI is InChI=1S/C15H28N2O5/c1-9(2)7-8-11(18)17(10(3)13(19)16-22)12(14(20)21)15(4,5)6/h9-10,12,22H,7-8H2,1-6H3,(H,16,19)(H,20,21)/t10-,12+/m0/s1. The van der Waals surface area contributed by atoms with Crippen LogP contribution in [0.3, 0.4) is 0 Å². The van der Waals surface area contributed by atoms with Gasteiger partial charge in [-0.1, -0.05) is 34.6 Å². The normalized spacial score (nSPS) is 14.4. The van der Waals surface area contributed by atoms with Gasteiger partial charge in [0, 0.05) is 6.42 Å². The van der Waals surface area contributed by atoms with Crippen LogP contribution in [0.2, 0.25) is 0 Å². The van der Waals surface area contributed by atoms with Crippen LogP contribution < -0.4 is 5.48 Å². The van der Waals surface area contributed by atoms with E-state index in [1.807, 2.05) is 13.8 Å². The van der Waals surface area contributed by atoms with Gasteiger partial charge in [-0.3, -0.25) is 14.8 Å². The molecule has 22 heavy (non-hydrogen) atoms. The number of hydrogen-bond acceptors (Lipinski definition) is 4. The van der Waals surface area contributed by atoms with Gasteiger partial charge in [-0.15, -0.1) is 0 Å². The van der Waals surface area contributed by atoms with E-state index in [1.54, 1.807) is 20.8 Å². The zero-order valence-electron chi connectivity index (χ0n) is 14.2. The van der Waals surface area contributed by atoms with Crippen molar-refractivity contribution in [2.75, 3.05) is 0 Å². The fourth-order valence-electron chi connectivity index (χ4n) is 2.25. The summed E-state index contributed by atoms with van der Waals surface area (Å²) >= 11 is 0. The Kier molecular flexibility index (Phi) is 7.52. The molecule has 0 aromatic carbocycles. The first-order valence-corrected chi connectivity index (χ1v) is 7.41. The molecule has 0 rings (SSSR count). The summed E-state index contributed by atoms with van der Waals surface area (Å²) in [6.07, 6.45) is 0.750. The largest absolute Gasteiger partial charge is 0.480 e. The van der Waals surface area contributed by atoms with Crippen LogP contribution in [0.25, 0.3) is 0 Å². The molecule has 0 saturated heterocycles. The van der Waals surface area contributed by atoms with Gasteiger partial charge in [0.05, 0.1) is 0 Å². The number of aliphatic carboxylic acids is 1. The fraction of sp³-hybridized carbons (Fsp3) is 0.800. The van der Waals surface area contributed by atoms with E-state index in [0.29, 0.717) is 6.42 Å². The van der Waals surface area contributed by atoms with Crippen molar-refractivity contribution in [1.29, 1.82) is 0 Å². The van der Waals surface area contributed by atoms with E-state index in [9.17, 15) is 19.5 Å². The van der Waals surface area contributed by atoms with E-state index in [2.05, 4.69) is 0 Å². The maximum absolute atomic E-state index is 12.5. The molecule has 0 aromatic rings. The van der Waals surface area contributed by atoms with Crippen LogP contribution in [0.1, 0.15) is 54.4 Å². The minimum Gasteiger partial charge on any atom is -0.480 e. The number of hydroxylamine groups is 1. The first-order valence-electron chi connectivity index (χ1n) is 7.41. The maximum Gasteiger partial charge on any atom is 0.326 e. The molecule has 7 heteroatoms. The second-order valence-electron chi connectivity index (χ2n) is 6.99. The van der Waals surface area contributed by atoms with Gasteiger partial charge < -0.3 is 10.0 Å². The Morgan fingerprint density at radius 2 is 1.64 bits per heavy atom. The first kappa shape index (κ1) is 20.4. The molecular weight excluding hydrogens is 288 g/mol. The lowest BCUT2D eigenvalue weighted by molar-refractivity contribution is -0.161. The van der Waals surface area contributed by atoms with Crippen LogP contribution in [0, 0.1) is 11.3 Å². The van der Waals surface area contributed by atoms with Crippen LogP contribution in [0.5, 0.6) is 0 Å². The van der Waals surface area contributed by atoms with Crippen molar-refractivity contribution >= 4 is 17.8 Å². The predicted molar refractivity (Wildman–Crippen MR) is 81.2 cm³/mol. The van der Waals surface area contributed by atoms with Gasteiger partial charge in [0.1, 0.15) is 12.1 Å². The number of nitrogens with one attached hydrogen (secondary N) is 1. The average Bonchev–Trinajstić information content (AvgIpc) is 2.38. The lowest BCUT2D eigenvalue weighted by Gasteiger charge is -2.40. The quantitative estimate of drug-likeness (QED) is 0.489. The van der Waals surface area contributed by atoms with Crippen molar-refractivity contribution in [2.45, 2.75) is 66.5 Å². The van der Waals surface area contributed by atoms with Crippen LogP contribution in [-0.2, 0) is 14.4 Å². The van der Waals surface area contributed by atoms with Gasteiger partial charge >= 0.3 is 5.97 Å². The molecule has 0 spiro atoms. The first-order chi connectivity index (χ1) is 9.93. The third-order valence-corrected chi connectivity index (χ3v) is 3.46. The highest BCUT2D eigenvalue weighted by Crippen LogP contribution is 2.27. The summed E-state index contributed by atoms with van der Waals surface area (Å²) in [7, 11) is 0. The number of carboxylic acid groups (broad SMARTS) is 1. The van der Waals surface area contributed by atoms with Crippen LogP contribution in [-0.4, -0.2) is 45.1 Å². The third kappa shape index (κ3) is 5.63. The minimum atomic E-state index is -1.18. The van der Waals surface area contributed by atoms with Crippen molar-refractivity contribution in [2.24, 2.45) is 11.3 Å². The van der Waals surface area contributed by atoms with Crippen molar-refractivity contribution < 1.29 is 24.7 Å². The van der Waals surface area contributed by atoms with E-state index in [-0.39, 0.29) is 12.3 Å². The molecule has 0 unspecified atom stereocenters. The molecule has 128 valence electrons. The van der Waals surface area contributed by atoms with Gasteiger partial charge in [0.2, 0.25) is 5.91 Å². The Bertz CT molecular complexity index is 415. The Hall–Kier alpha value is -1.63. The molecular formula is C15H28N2O5. The molecule has 0 heterocycles. The number of carbonyl (C=O) groups is 3. The monoisotopic (exact) mass is 316 g/mol. The zero-order valence-corrected chi connectivity index (χ0v) is 14.2. The summed E-state index contributed by atoms with van der Waals surface area (Å²) in [5, 5.41) is 18.3. The van der Waals surface area contributed by atoms with E-state index in [1.165, 1.54) is 12.4 Å². The highest BCUT2D eigenvalue weighted by Gasteiger charge is 2.42. The van der Waals surface area contributed by atoms with Crippen molar-refractivity contribution in [3.05, 3.63) is 0 Å². The molecule has 2 atom stereocenters. The number of hydrogen-bond donors (Lipinski definition) is 3. The highest BCUT2D eigenvalue weighted by atomic mass is 16.5. The van der Waals surface area contributed by atoms with E-state index < -0.39 is 35.3 Å². The van der Waals surface area contributed by atoms with Crippen molar-refractivity contribution in [3.63, 3.8) is 0 Å². The Morgan fingerprint density at radius 1 is 1.14 bits per heavy atom. The molecule has 2 amide bonds. The van der Waals surface area contributed by atoms with Gasteiger partial charge in [0.15, 0.2) is 0 Å². The van der Waals surface area contributed by atoms with Crippen LogP contribution >= 0.6 is 0 Å². The summed E-state index contributed by atoms with van der Waals surface area (Å²) in [5.74, 6) is -2.12. The number of nitrogens with zero attached hydrogens (tertiary/aromatic N) is 1. The van der Waals surface area contributed by atoms with Gasteiger partial charge in [-0.25, -0.2) is 10.3 Å². The number of rotatable bonds is 7. The second-order valence-corrected chi connectivity index (χ2v) is 6.99. The molecule has 0 aromatic heterocycles. The van der Waals surface area contributed by atoms with E-state index >= 15 is 0 Å². The topological polar surface area (TPSA) is 107 Å². The molecule has 3 N–H and O–H groups in total. The minimum absolute atomic E-state index is 0.153. The molecule has 0 aliphatic carbocycles. The average molecular weight is 316 g/mol. The predicted octanol–water partition coefficient (Wildman–Crippen LogP) is 1.64. The maximum atomic E-state index is 12.5. The van der Waals surface area contributed by atoms with Crippen LogP contribution in [0.4, 0.5) is 0 Å². The van der Waals surface area contributed by atoms with Crippen molar-refractivity contribution in [3.8, 4) is 0 Å². The Morgan fingerprint density at radius 3 is 1.95 bits per heavy atom. The zero-order chi connectivity index (χ0) is 17.7. The second kappa shape index (κ2) is 8.12. The molecule has 0 bridgehead atoms. The number of carbonyl (C=O) groups excluding carboxylic acids is 2.